The molecule has 1 amide bonds. The van der Waals surface area contributed by atoms with E-state index in [0.717, 1.165) is 31.5 Å². The number of halogens is 1. The van der Waals surface area contributed by atoms with Crippen molar-refractivity contribution in [3.05, 3.63) is 29.6 Å². The summed E-state index contributed by atoms with van der Waals surface area (Å²) >= 11 is 0. The molecule has 1 aromatic carbocycles. The summed E-state index contributed by atoms with van der Waals surface area (Å²) < 4.78 is 18.4. The molecule has 1 aromatic rings. The zero-order chi connectivity index (χ0) is 12.3. The molecule has 0 radical (unpaired) electrons. The van der Waals surface area contributed by atoms with Gasteiger partial charge in [0.1, 0.15) is 11.6 Å². The van der Waals surface area contributed by atoms with Crippen LogP contribution in [0.3, 0.4) is 0 Å². The summed E-state index contributed by atoms with van der Waals surface area (Å²) in [4.78, 5) is 13.5. The van der Waals surface area contributed by atoms with Crippen LogP contribution < -0.4 is 4.74 Å². The van der Waals surface area contributed by atoms with Crippen LogP contribution in [0, 0.1) is 12.7 Å². The standard InChI is InChI=1S/C13H16FNO2/c1-10-4-5-11(14)8-12(10)17-9-13(16)15-6-2-3-7-15/h4-5,8H,2-3,6-7,9H2,1H3. The van der Waals surface area contributed by atoms with Gasteiger partial charge >= 0.3 is 0 Å². The lowest BCUT2D eigenvalue weighted by molar-refractivity contribution is -0.132. The zero-order valence-corrected chi connectivity index (χ0v) is 9.91. The Morgan fingerprint density at radius 2 is 2.12 bits per heavy atom. The van der Waals surface area contributed by atoms with Crippen molar-refractivity contribution in [1.29, 1.82) is 0 Å². The van der Waals surface area contributed by atoms with Crippen LogP contribution in [0.15, 0.2) is 18.2 Å². The molecule has 92 valence electrons. The van der Waals surface area contributed by atoms with E-state index in [4.69, 9.17) is 4.74 Å². The second kappa shape index (κ2) is 5.17. The predicted octanol–water partition coefficient (Wildman–Crippen LogP) is 2.14. The minimum absolute atomic E-state index is 0.00963. The van der Waals surface area contributed by atoms with Crippen molar-refractivity contribution in [3.63, 3.8) is 0 Å². The van der Waals surface area contributed by atoms with Gasteiger partial charge in [-0.25, -0.2) is 4.39 Å². The van der Waals surface area contributed by atoms with Gasteiger partial charge in [-0.2, -0.15) is 0 Å². The second-order valence-corrected chi connectivity index (χ2v) is 4.29. The van der Waals surface area contributed by atoms with Crippen LogP contribution in [-0.4, -0.2) is 30.5 Å². The summed E-state index contributed by atoms with van der Waals surface area (Å²) in [5.74, 6) is 0.0722. The summed E-state index contributed by atoms with van der Waals surface area (Å²) in [6.07, 6.45) is 2.12. The first-order chi connectivity index (χ1) is 8.16. The molecule has 0 bridgehead atoms. The Morgan fingerprint density at radius 3 is 2.82 bits per heavy atom. The number of rotatable bonds is 3. The van der Waals surface area contributed by atoms with E-state index in [0.29, 0.717) is 5.75 Å². The van der Waals surface area contributed by atoms with Crippen molar-refractivity contribution in [2.75, 3.05) is 19.7 Å². The fourth-order valence-electron chi connectivity index (χ4n) is 1.93. The number of benzene rings is 1. The predicted molar refractivity (Wildman–Crippen MR) is 62.4 cm³/mol. The van der Waals surface area contributed by atoms with Crippen LogP contribution in [0.1, 0.15) is 18.4 Å². The second-order valence-electron chi connectivity index (χ2n) is 4.29. The molecule has 1 aliphatic rings. The van der Waals surface area contributed by atoms with Crippen molar-refractivity contribution in [1.82, 2.24) is 4.90 Å². The maximum Gasteiger partial charge on any atom is 0.260 e. The van der Waals surface area contributed by atoms with Gasteiger partial charge in [0, 0.05) is 19.2 Å². The summed E-state index contributed by atoms with van der Waals surface area (Å²) in [7, 11) is 0. The number of amides is 1. The maximum absolute atomic E-state index is 13.0. The van der Waals surface area contributed by atoms with E-state index >= 15 is 0 Å². The molecule has 2 rings (SSSR count). The van der Waals surface area contributed by atoms with Crippen molar-refractivity contribution in [2.24, 2.45) is 0 Å². The molecule has 0 spiro atoms. The highest BCUT2D eigenvalue weighted by Crippen LogP contribution is 2.19. The van der Waals surface area contributed by atoms with Crippen LogP contribution >= 0.6 is 0 Å². The molecule has 0 unspecified atom stereocenters. The van der Waals surface area contributed by atoms with Crippen LogP contribution in [0.2, 0.25) is 0 Å². The number of aryl methyl sites for hydroxylation is 1. The molecular weight excluding hydrogens is 221 g/mol. The number of hydrogen-bond donors (Lipinski definition) is 0. The Kier molecular flexibility index (Phi) is 3.61. The quantitative estimate of drug-likeness (QED) is 0.806. The Balaban J connectivity index is 1.92. The van der Waals surface area contributed by atoms with E-state index in [1.165, 1.54) is 12.1 Å². The number of carbonyl (C=O) groups excluding carboxylic acids is 1. The van der Waals surface area contributed by atoms with E-state index in [2.05, 4.69) is 0 Å². The number of ether oxygens (including phenoxy) is 1. The Labute approximate surface area is 100 Å². The van der Waals surface area contributed by atoms with Crippen molar-refractivity contribution in [3.8, 4) is 5.75 Å². The van der Waals surface area contributed by atoms with E-state index < -0.39 is 0 Å². The smallest absolute Gasteiger partial charge is 0.260 e. The highest BCUT2D eigenvalue weighted by Gasteiger charge is 2.18. The molecule has 1 aliphatic heterocycles. The van der Waals surface area contributed by atoms with Gasteiger partial charge in [-0.05, 0) is 31.4 Å². The lowest BCUT2D eigenvalue weighted by Gasteiger charge is -2.16. The molecule has 1 fully saturated rings. The minimum atomic E-state index is -0.348. The summed E-state index contributed by atoms with van der Waals surface area (Å²) in [6.45, 7) is 3.44. The average molecular weight is 237 g/mol. The van der Waals surface area contributed by atoms with Crippen LogP contribution in [0.25, 0.3) is 0 Å². The molecule has 3 nitrogen and oxygen atoms in total. The van der Waals surface area contributed by atoms with E-state index in [1.807, 2.05) is 6.92 Å². The first-order valence-electron chi connectivity index (χ1n) is 5.83. The monoisotopic (exact) mass is 237 g/mol. The first kappa shape index (κ1) is 11.9. The zero-order valence-electron chi connectivity index (χ0n) is 9.91. The van der Waals surface area contributed by atoms with E-state index in [-0.39, 0.29) is 18.3 Å². The van der Waals surface area contributed by atoms with Crippen LogP contribution in [0.5, 0.6) is 5.75 Å². The highest BCUT2D eigenvalue weighted by molar-refractivity contribution is 5.78. The molecule has 1 heterocycles. The molecule has 0 atom stereocenters. The minimum Gasteiger partial charge on any atom is -0.483 e. The van der Waals surface area contributed by atoms with Crippen molar-refractivity contribution in [2.45, 2.75) is 19.8 Å². The first-order valence-corrected chi connectivity index (χ1v) is 5.83. The normalized spacial score (nSPS) is 15.1. The van der Waals surface area contributed by atoms with E-state index in [1.54, 1.807) is 11.0 Å². The van der Waals surface area contributed by atoms with Gasteiger partial charge in [0.25, 0.3) is 5.91 Å². The Bertz CT molecular complexity index is 414. The van der Waals surface area contributed by atoms with Gasteiger partial charge in [0.05, 0.1) is 0 Å². The number of hydrogen-bond acceptors (Lipinski definition) is 2. The lowest BCUT2D eigenvalue weighted by atomic mass is 10.2. The molecule has 4 heteroatoms. The maximum atomic E-state index is 13.0. The average Bonchev–Trinajstić information content (AvgIpc) is 2.83. The number of carbonyl (C=O) groups is 1. The third kappa shape index (κ3) is 2.96. The molecular formula is C13H16FNO2. The fraction of sp³-hybridized carbons (Fsp3) is 0.462. The van der Waals surface area contributed by atoms with Crippen molar-refractivity contribution >= 4 is 5.91 Å². The fourth-order valence-corrected chi connectivity index (χ4v) is 1.93. The molecule has 17 heavy (non-hydrogen) atoms. The van der Waals surface area contributed by atoms with Gasteiger partial charge in [0.15, 0.2) is 6.61 Å². The SMILES string of the molecule is Cc1ccc(F)cc1OCC(=O)N1CCCC1. The van der Waals surface area contributed by atoms with Gasteiger partial charge in [-0.3, -0.25) is 4.79 Å². The Morgan fingerprint density at radius 1 is 1.41 bits per heavy atom. The lowest BCUT2D eigenvalue weighted by Crippen LogP contribution is -2.32. The van der Waals surface area contributed by atoms with Gasteiger partial charge in [-0.1, -0.05) is 6.07 Å². The van der Waals surface area contributed by atoms with Gasteiger partial charge in [-0.15, -0.1) is 0 Å². The largest absolute Gasteiger partial charge is 0.483 e. The summed E-state index contributed by atoms with van der Waals surface area (Å²) in [6, 6.07) is 4.34. The number of likely N-dealkylation sites (tertiary alicyclic amines) is 1. The third-order valence-corrected chi connectivity index (χ3v) is 2.96. The molecule has 0 aromatic heterocycles. The van der Waals surface area contributed by atoms with Crippen LogP contribution in [0.4, 0.5) is 4.39 Å². The molecule has 1 saturated heterocycles. The molecule has 0 N–H and O–H groups in total. The van der Waals surface area contributed by atoms with Crippen molar-refractivity contribution < 1.29 is 13.9 Å². The van der Waals surface area contributed by atoms with E-state index in [9.17, 15) is 9.18 Å². The topological polar surface area (TPSA) is 29.5 Å². The number of nitrogens with zero attached hydrogens (tertiary/aromatic N) is 1. The highest BCUT2D eigenvalue weighted by atomic mass is 19.1. The summed E-state index contributed by atoms with van der Waals surface area (Å²) in [5, 5.41) is 0. The van der Waals surface area contributed by atoms with Crippen LogP contribution in [-0.2, 0) is 4.79 Å². The molecule has 0 aliphatic carbocycles. The van der Waals surface area contributed by atoms with Gasteiger partial charge < -0.3 is 9.64 Å². The molecule has 0 saturated carbocycles. The van der Waals surface area contributed by atoms with Gasteiger partial charge in [0.2, 0.25) is 0 Å². The third-order valence-electron chi connectivity index (χ3n) is 2.96. The Hall–Kier alpha value is -1.58. The summed E-state index contributed by atoms with van der Waals surface area (Å²) in [5.41, 5.74) is 0.834.